The first-order valence-electron chi connectivity index (χ1n) is 7.38. The van der Waals surface area contributed by atoms with Crippen LogP contribution in [0.4, 0.5) is 0 Å². The standard InChI is InChI=1S/C16H22BrNO3/c1-11(2)10-21-15-6-5-12(8-14(15)17)16(19)18-9-13-4-3-7-20-13/h5-6,8,11,13H,3-4,7,9-10H2,1-2H3,(H,18,19). The number of ether oxygens (including phenoxy) is 2. The van der Waals surface area contributed by atoms with Crippen molar-refractivity contribution < 1.29 is 14.3 Å². The van der Waals surface area contributed by atoms with Gasteiger partial charge in [-0.25, -0.2) is 0 Å². The van der Waals surface area contributed by atoms with Gasteiger partial charge in [0, 0.05) is 18.7 Å². The molecule has 1 saturated heterocycles. The Labute approximate surface area is 134 Å². The van der Waals surface area contributed by atoms with Gasteiger partial charge >= 0.3 is 0 Å². The van der Waals surface area contributed by atoms with E-state index in [1.807, 2.05) is 6.07 Å². The second kappa shape index (κ2) is 7.80. The van der Waals surface area contributed by atoms with E-state index in [4.69, 9.17) is 9.47 Å². The van der Waals surface area contributed by atoms with E-state index in [1.54, 1.807) is 12.1 Å². The van der Waals surface area contributed by atoms with Crippen molar-refractivity contribution in [2.75, 3.05) is 19.8 Å². The molecule has 0 aliphatic carbocycles. The molecule has 0 spiro atoms. The normalized spacial score (nSPS) is 18.0. The Morgan fingerprint density at radius 1 is 1.52 bits per heavy atom. The fourth-order valence-corrected chi connectivity index (χ4v) is 2.62. The Bertz CT molecular complexity index is 484. The Hall–Kier alpha value is -1.07. The van der Waals surface area contributed by atoms with Crippen LogP contribution in [0.25, 0.3) is 0 Å². The monoisotopic (exact) mass is 355 g/mol. The molecule has 0 radical (unpaired) electrons. The van der Waals surface area contributed by atoms with Crippen LogP contribution in [-0.4, -0.2) is 31.8 Å². The lowest BCUT2D eigenvalue weighted by Gasteiger charge is -2.13. The van der Waals surface area contributed by atoms with Crippen LogP contribution in [0.3, 0.4) is 0 Å². The van der Waals surface area contributed by atoms with Gasteiger partial charge in [-0.2, -0.15) is 0 Å². The van der Waals surface area contributed by atoms with Crippen LogP contribution >= 0.6 is 15.9 Å². The molecular weight excluding hydrogens is 334 g/mol. The van der Waals surface area contributed by atoms with Crippen LogP contribution in [0.15, 0.2) is 22.7 Å². The van der Waals surface area contributed by atoms with Crippen LogP contribution in [0.5, 0.6) is 5.75 Å². The second-order valence-electron chi connectivity index (χ2n) is 5.70. The molecule has 1 aromatic carbocycles. The summed E-state index contributed by atoms with van der Waals surface area (Å²) >= 11 is 3.45. The van der Waals surface area contributed by atoms with Crippen molar-refractivity contribution in [3.63, 3.8) is 0 Å². The van der Waals surface area contributed by atoms with Gasteiger partial charge < -0.3 is 14.8 Å². The first-order valence-corrected chi connectivity index (χ1v) is 8.17. The molecule has 1 N–H and O–H groups in total. The SMILES string of the molecule is CC(C)COc1ccc(C(=O)NCC2CCCO2)cc1Br. The number of amides is 1. The third-order valence-corrected chi connectivity index (χ3v) is 3.90. The molecule has 1 fully saturated rings. The fourth-order valence-electron chi connectivity index (χ4n) is 2.13. The van der Waals surface area contributed by atoms with Crippen LogP contribution in [0.2, 0.25) is 0 Å². The maximum Gasteiger partial charge on any atom is 0.251 e. The topological polar surface area (TPSA) is 47.6 Å². The number of hydrogen-bond donors (Lipinski definition) is 1. The van der Waals surface area contributed by atoms with Crippen molar-refractivity contribution in [1.82, 2.24) is 5.32 Å². The van der Waals surface area contributed by atoms with Crippen LogP contribution in [0, 0.1) is 5.92 Å². The van der Waals surface area contributed by atoms with E-state index in [0.717, 1.165) is 29.7 Å². The Kier molecular flexibility index (Phi) is 6.06. The average Bonchev–Trinajstić information content (AvgIpc) is 2.96. The highest BCUT2D eigenvalue weighted by Gasteiger charge is 2.17. The Morgan fingerprint density at radius 2 is 2.33 bits per heavy atom. The van der Waals surface area contributed by atoms with Crippen molar-refractivity contribution in [2.45, 2.75) is 32.8 Å². The Balaban J connectivity index is 1.90. The third-order valence-electron chi connectivity index (χ3n) is 3.28. The van der Waals surface area contributed by atoms with Gasteiger partial charge in [0.25, 0.3) is 5.91 Å². The Morgan fingerprint density at radius 3 is 2.95 bits per heavy atom. The molecule has 116 valence electrons. The molecule has 1 atom stereocenters. The van der Waals surface area contributed by atoms with E-state index in [-0.39, 0.29) is 12.0 Å². The summed E-state index contributed by atoms with van der Waals surface area (Å²) in [5, 5.41) is 2.91. The van der Waals surface area contributed by atoms with Gasteiger partial charge in [0.1, 0.15) is 5.75 Å². The van der Waals surface area contributed by atoms with Gasteiger partial charge in [-0.3, -0.25) is 4.79 Å². The maximum atomic E-state index is 12.1. The number of halogens is 1. The molecule has 1 amide bonds. The highest BCUT2D eigenvalue weighted by Crippen LogP contribution is 2.26. The molecule has 0 aromatic heterocycles. The lowest BCUT2D eigenvalue weighted by Crippen LogP contribution is -2.31. The largest absolute Gasteiger partial charge is 0.492 e. The number of carbonyl (C=O) groups excluding carboxylic acids is 1. The number of carbonyl (C=O) groups is 1. The molecule has 1 aliphatic heterocycles. The second-order valence-corrected chi connectivity index (χ2v) is 6.55. The maximum absolute atomic E-state index is 12.1. The summed E-state index contributed by atoms with van der Waals surface area (Å²) in [6.07, 6.45) is 2.26. The molecule has 0 bridgehead atoms. The molecular formula is C16H22BrNO3. The van der Waals surface area contributed by atoms with E-state index >= 15 is 0 Å². The number of hydrogen-bond acceptors (Lipinski definition) is 3. The summed E-state index contributed by atoms with van der Waals surface area (Å²) in [5.41, 5.74) is 0.622. The summed E-state index contributed by atoms with van der Waals surface area (Å²) in [5.74, 6) is 1.15. The smallest absolute Gasteiger partial charge is 0.251 e. The van der Waals surface area contributed by atoms with E-state index in [9.17, 15) is 4.79 Å². The van der Waals surface area contributed by atoms with Gasteiger partial charge in [0.15, 0.2) is 0 Å². The number of nitrogens with one attached hydrogen (secondary N) is 1. The molecule has 1 aromatic rings. The van der Waals surface area contributed by atoms with Gasteiger partial charge in [0.2, 0.25) is 0 Å². The van der Waals surface area contributed by atoms with Crippen molar-refractivity contribution in [3.05, 3.63) is 28.2 Å². The zero-order chi connectivity index (χ0) is 15.2. The van der Waals surface area contributed by atoms with E-state index < -0.39 is 0 Å². The summed E-state index contributed by atoms with van der Waals surface area (Å²) in [7, 11) is 0. The zero-order valence-corrected chi connectivity index (χ0v) is 14.1. The van der Waals surface area contributed by atoms with Gasteiger partial charge in [-0.1, -0.05) is 13.8 Å². The summed E-state index contributed by atoms with van der Waals surface area (Å²) < 4.78 is 12.0. The molecule has 1 aliphatic rings. The van der Waals surface area contributed by atoms with Crippen LogP contribution in [0.1, 0.15) is 37.0 Å². The molecule has 1 heterocycles. The minimum Gasteiger partial charge on any atom is -0.492 e. The molecule has 1 unspecified atom stereocenters. The van der Waals surface area contributed by atoms with E-state index in [0.29, 0.717) is 24.6 Å². The number of rotatable bonds is 6. The first kappa shape index (κ1) is 16.3. The van der Waals surface area contributed by atoms with Gasteiger partial charge in [-0.05, 0) is 52.9 Å². The van der Waals surface area contributed by atoms with Crippen molar-refractivity contribution in [2.24, 2.45) is 5.92 Å². The third kappa shape index (κ3) is 5.00. The molecule has 2 rings (SSSR count). The number of benzene rings is 1. The average molecular weight is 356 g/mol. The predicted molar refractivity (Wildman–Crippen MR) is 85.8 cm³/mol. The van der Waals surface area contributed by atoms with Gasteiger partial charge in [-0.15, -0.1) is 0 Å². The fraction of sp³-hybridized carbons (Fsp3) is 0.562. The zero-order valence-electron chi connectivity index (χ0n) is 12.5. The molecule has 5 heteroatoms. The minimum absolute atomic E-state index is 0.0818. The molecule has 21 heavy (non-hydrogen) atoms. The predicted octanol–water partition coefficient (Wildman–Crippen LogP) is 3.39. The summed E-state index contributed by atoms with van der Waals surface area (Å²) in [6, 6.07) is 5.40. The van der Waals surface area contributed by atoms with E-state index in [2.05, 4.69) is 35.1 Å². The summed E-state index contributed by atoms with van der Waals surface area (Å²) in [4.78, 5) is 12.1. The lowest BCUT2D eigenvalue weighted by molar-refractivity contribution is 0.0857. The van der Waals surface area contributed by atoms with Crippen LogP contribution < -0.4 is 10.1 Å². The lowest BCUT2D eigenvalue weighted by atomic mass is 10.2. The van der Waals surface area contributed by atoms with Gasteiger partial charge in [0.05, 0.1) is 17.2 Å². The van der Waals surface area contributed by atoms with Crippen LogP contribution in [-0.2, 0) is 4.74 Å². The first-order chi connectivity index (χ1) is 10.1. The van der Waals surface area contributed by atoms with Crippen molar-refractivity contribution in [1.29, 1.82) is 0 Å². The minimum atomic E-state index is -0.0818. The quantitative estimate of drug-likeness (QED) is 0.850. The van der Waals surface area contributed by atoms with E-state index in [1.165, 1.54) is 0 Å². The highest BCUT2D eigenvalue weighted by molar-refractivity contribution is 9.10. The highest BCUT2D eigenvalue weighted by atomic mass is 79.9. The van der Waals surface area contributed by atoms with Crippen molar-refractivity contribution >= 4 is 21.8 Å². The molecule has 4 nitrogen and oxygen atoms in total. The molecule has 0 saturated carbocycles. The van der Waals surface area contributed by atoms with Crippen molar-refractivity contribution in [3.8, 4) is 5.75 Å². The summed E-state index contributed by atoms with van der Waals surface area (Å²) in [6.45, 7) is 6.22.